The first-order chi connectivity index (χ1) is 27.5. The van der Waals surface area contributed by atoms with Gasteiger partial charge in [-0.3, -0.25) is 9.59 Å². The Morgan fingerprint density at radius 1 is 0.536 bits per heavy atom. The third kappa shape index (κ3) is 38.2. The van der Waals surface area contributed by atoms with Gasteiger partial charge in [-0.25, -0.2) is 0 Å². The Kier molecular flexibility index (Phi) is 41.3. The molecule has 0 saturated carbocycles. The van der Waals surface area contributed by atoms with Crippen molar-refractivity contribution < 1.29 is 24.5 Å². The van der Waals surface area contributed by atoms with Gasteiger partial charge in [-0.15, -0.1) is 0 Å². The molecular formula is C50H87NO5. The summed E-state index contributed by atoms with van der Waals surface area (Å²) in [6.07, 6.45) is 53.9. The van der Waals surface area contributed by atoms with Gasteiger partial charge in [0.1, 0.15) is 6.10 Å². The Balaban J connectivity index is 4.76. The van der Waals surface area contributed by atoms with Crippen LogP contribution in [-0.2, 0) is 14.3 Å². The number of aliphatic hydroxyl groups is 2. The molecule has 0 aliphatic rings. The molecule has 322 valence electrons. The Morgan fingerprint density at radius 2 is 0.964 bits per heavy atom. The van der Waals surface area contributed by atoms with Crippen molar-refractivity contribution >= 4 is 11.9 Å². The second-order valence-electron chi connectivity index (χ2n) is 15.6. The van der Waals surface area contributed by atoms with Crippen molar-refractivity contribution in [2.75, 3.05) is 6.61 Å². The highest BCUT2D eigenvalue weighted by Crippen LogP contribution is 2.17. The molecule has 0 aliphatic carbocycles. The lowest BCUT2D eigenvalue weighted by atomic mass is 10.0. The van der Waals surface area contributed by atoms with Crippen LogP contribution < -0.4 is 5.32 Å². The summed E-state index contributed by atoms with van der Waals surface area (Å²) in [6, 6.07) is -0.725. The third-order valence-corrected chi connectivity index (χ3v) is 10.2. The van der Waals surface area contributed by atoms with E-state index in [-0.39, 0.29) is 24.9 Å². The number of unbranched alkanes of at least 4 members (excludes halogenated alkanes) is 21. The zero-order valence-electron chi connectivity index (χ0n) is 36.5. The molecule has 0 bridgehead atoms. The van der Waals surface area contributed by atoms with Crippen LogP contribution in [0, 0.1) is 0 Å². The summed E-state index contributed by atoms with van der Waals surface area (Å²) < 4.78 is 5.86. The predicted molar refractivity (Wildman–Crippen MR) is 241 cm³/mol. The maximum atomic E-state index is 13.1. The molecule has 3 unspecified atom stereocenters. The molecule has 0 rings (SSSR count). The maximum Gasteiger partial charge on any atom is 0.306 e. The van der Waals surface area contributed by atoms with E-state index in [9.17, 15) is 19.8 Å². The van der Waals surface area contributed by atoms with Gasteiger partial charge in [0.25, 0.3) is 0 Å². The largest absolute Gasteiger partial charge is 0.462 e. The van der Waals surface area contributed by atoms with Crippen LogP contribution in [0.25, 0.3) is 0 Å². The lowest BCUT2D eigenvalue weighted by Crippen LogP contribution is -2.46. The molecular weight excluding hydrogens is 695 g/mol. The van der Waals surface area contributed by atoms with Crippen molar-refractivity contribution in [1.82, 2.24) is 5.32 Å². The normalized spacial score (nSPS) is 14.0. The summed E-state index contributed by atoms with van der Waals surface area (Å²) >= 11 is 0. The number of nitrogens with one attached hydrogen (secondary N) is 1. The zero-order chi connectivity index (χ0) is 41.0. The van der Waals surface area contributed by atoms with Gasteiger partial charge < -0.3 is 20.3 Å². The van der Waals surface area contributed by atoms with Gasteiger partial charge in [0.2, 0.25) is 5.91 Å². The summed E-state index contributed by atoms with van der Waals surface area (Å²) in [6.45, 7) is 6.28. The molecule has 56 heavy (non-hydrogen) atoms. The predicted octanol–water partition coefficient (Wildman–Crippen LogP) is 13.4. The van der Waals surface area contributed by atoms with Crippen LogP contribution >= 0.6 is 0 Å². The number of rotatable bonds is 40. The molecule has 0 fully saturated rings. The number of hydrogen-bond donors (Lipinski definition) is 3. The quantitative estimate of drug-likeness (QED) is 0.0327. The number of hydrogen-bond acceptors (Lipinski definition) is 5. The second kappa shape index (κ2) is 43.4. The average molecular weight is 782 g/mol. The SMILES string of the molecule is CC\C=C/C=C/C=C/C=C\C=C\C=C\CCCC(CC(=O)NC(CO)C(O)CCCCCCCCCCCCCC)OC(=O)CCCCCCCCCCCC. The van der Waals surface area contributed by atoms with Crippen molar-refractivity contribution in [3.63, 3.8) is 0 Å². The number of amides is 1. The van der Waals surface area contributed by atoms with Crippen LogP contribution in [0.4, 0.5) is 0 Å². The van der Waals surface area contributed by atoms with E-state index in [4.69, 9.17) is 4.74 Å². The molecule has 0 spiro atoms. The molecule has 0 aliphatic heterocycles. The van der Waals surface area contributed by atoms with Crippen molar-refractivity contribution in [3.8, 4) is 0 Å². The highest BCUT2D eigenvalue weighted by molar-refractivity contribution is 5.77. The Hall–Kier alpha value is -2.70. The molecule has 0 radical (unpaired) electrons. The minimum atomic E-state index is -0.807. The van der Waals surface area contributed by atoms with Crippen LogP contribution in [0.1, 0.15) is 207 Å². The topological polar surface area (TPSA) is 95.9 Å². The van der Waals surface area contributed by atoms with Gasteiger partial charge in [-0.1, -0.05) is 229 Å². The molecule has 3 N–H and O–H groups in total. The van der Waals surface area contributed by atoms with Crippen molar-refractivity contribution in [3.05, 3.63) is 72.9 Å². The van der Waals surface area contributed by atoms with Gasteiger partial charge in [-0.05, 0) is 38.5 Å². The third-order valence-electron chi connectivity index (χ3n) is 10.2. The lowest BCUT2D eigenvalue weighted by molar-refractivity contribution is -0.151. The first-order valence-electron chi connectivity index (χ1n) is 23.2. The van der Waals surface area contributed by atoms with E-state index in [1.807, 2.05) is 60.8 Å². The highest BCUT2D eigenvalue weighted by atomic mass is 16.5. The molecule has 6 heteroatoms. The standard InChI is InChI=1S/C50H87NO5/c1-4-7-10-13-16-19-22-24-25-26-27-29-32-35-38-41-46(56-50(55)43-40-37-34-31-21-18-15-12-9-6-3)44-49(54)51-47(45-52)48(53)42-39-36-33-30-28-23-20-17-14-11-8-5-2/h7,10,13,16,19,22,24-27,29,32,46-48,52-53H,4-6,8-9,11-12,14-15,17-18,20-21,23,28,30-31,33-45H2,1-3H3,(H,51,54)/b10-7-,16-13+,22-19+,25-24-,27-26+,32-29+. The Bertz CT molecular complexity index is 1060. The van der Waals surface area contributed by atoms with Crippen molar-refractivity contribution in [2.24, 2.45) is 0 Å². The number of allylic oxidation sites excluding steroid dienone is 12. The monoisotopic (exact) mass is 782 g/mol. The number of ether oxygens (including phenoxy) is 1. The zero-order valence-corrected chi connectivity index (χ0v) is 36.5. The fourth-order valence-electron chi connectivity index (χ4n) is 6.70. The Morgan fingerprint density at radius 3 is 1.43 bits per heavy atom. The number of aliphatic hydroxyl groups excluding tert-OH is 2. The van der Waals surface area contributed by atoms with E-state index >= 15 is 0 Å². The molecule has 0 aromatic heterocycles. The van der Waals surface area contributed by atoms with E-state index in [1.165, 1.54) is 103 Å². The molecule has 0 aromatic carbocycles. The summed E-state index contributed by atoms with van der Waals surface area (Å²) in [7, 11) is 0. The number of esters is 1. The van der Waals surface area contributed by atoms with E-state index in [0.29, 0.717) is 19.3 Å². The highest BCUT2D eigenvalue weighted by Gasteiger charge is 2.24. The van der Waals surface area contributed by atoms with Gasteiger partial charge in [0, 0.05) is 6.42 Å². The molecule has 6 nitrogen and oxygen atoms in total. The minimum Gasteiger partial charge on any atom is -0.462 e. The van der Waals surface area contributed by atoms with Crippen molar-refractivity contribution in [2.45, 2.75) is 225 Å². The smallest absolute Gasteiger partial charge is 0.306 e. The van der Waals surface area contributed by atoms with Gasteiger partial charge >= 0.3 is 5.97 Å². The van der Waals surface area contributed by atoms with Crippen LogP contribution in [-0.4, -0.2) is 46.9 Å². The van der Waals surface area contributed by atoms with Crippen LogP contribution in [0.3, 0.4) is 0 Å². The number of carbonyl (C=O) groups excluding carboxylic acids is 2. The summed E-state index contributed by atoms with van der Waals surface area (Å²) in [5.41, 5.74) is 0. The van der Waals surface area contributed by atoms with Crippen molar-refractivity contribution in [1.29, 1.82) is 0 Å². The molecule has 0 saturated heterocycles. The van der Waals surface area contributed by atoms with Gasteiger partial charge in [-0.2, -0.15) is 0 Å². The van der Waals surface area contributed by atoms with Crippen LogP contribution in [0.5, 0.6) is 0 Å². The molecule has 1 amide bonds. The first-order valence-corrected chi connectivity index (χ1v) is 23.2. The van der Waals surface area contributed by atoms with E-state index in [0.717, 1.165) is 57.8 Å². The van der Waals surface area contributed by atoms with Gasteiger partial charge in [0.15, 0.2) is 0 Å². The van der Waals surface area contributed by atoms with E-state index in [2.05, 4.69) is 38.2 Å². The second-order valence-corrected chi connectivity index (χ2v) is 15.6. The summed E-state index contributed by atoms with van der Waals surface area (Å²) in [5, 5.41) is 23.6. The number of carbonyl (C=O) groups is 2. The molecule has 3 atom stereocenters. The lowest BCUT2D eigenvalue weighted by Gasteiger charge is -2.24. The van der Waals surface area contributed by atoms with Gasteiger partial charge in [0.05, 0.1) is 25.2 Å². The molecule has 0 aromatic rings. The minimum absolute atomic E-state index is 0.0254. The molecule has 0 heterocycles. The van der Waals surface area contributed by atoms with E-state index in [1.54, 1.807) is 0 Å². The fourth-order valence-corrected chi connectivity index (χ4v) is 6.70. The summed E-state index contributed by atoms with van der Waals surface area (Å²) in [5.74, 6) is -0.554. The van der Waals surface area contributed by atoms with E-state index < -0.39 is 18.2 Å². The average Bonchev–Trinajstić information content (AvgIpc) is 3.19. The summed E-state index contributed by atoms with van der Waals surface area (Å²) in [4.78, 5) is 26.0. The Labute approximate surface area is 345 Å². The first kappa shape index (κ1) is 53.3. The fraction of sp³-hybridized carbons (Fsp3) is 0.720. The van der Waals surface area contributed by atoms with Crippen LogP contribution in [0.2, 0.25) is 0 Å². The van der Waals surface area contributed by atoms with Crippen LogP contribution in [0.15, 0.2) is 72.9 Å². The maximum absolute atomic E-state index is 13.1.